The van der Waals surface area contributed by atoms with Crippen LogP contribution in [0.3, 0.4) is 0 Å². The Bertz CT molecular complexity index is 1130. The first kappa shape index (κ1) is 20.2. The Morgan fingerprint density at radius 1 is 0.857 bits per heavy atom. The molecule has 0 aliphatic rings. The summed E-state index contributed by atoms with van der Waals surface area (Å²) in [5.41, 5.74) is 3.53. The number of sulfonamides is 1. The van der Waals surface area contributed by atoms with Gasteiger partial charge in [-0.15, -0.1) is 0 Å². The Labute approximate surface area is 171 Å². The van der Waals surface area contributed by atoms with E-state index in [1.54, 1.807) is 42.5 Å². The Morgan fingerprint density at radius 3 is 2.04 bits per heavy atom. The van der Waals surface area contributed by atoms with Gasteiger partial charge in [0.1, 0.15) is 6.04 Å². The fraction of sp³-hybridized carbons (Fsp3) is 0.130. The topological polar surface area (TPSA) is 46.2 Å². The molecule has 0 amide bonds. The van der Waals surface area contributed by atoms with Gasteiger partial charge in [-0.3, -0.25) is 0 Å². The highest BCUT2D eigenvalue weighted by molar-refractivity contribution is 7.89. The molecule has 5 heteroatoms. The normalized spacial score (nSPS) is 12.1. The van der Waals surface area contributed by atoms with Crippen LogP contribution in [0.15, 0.2) is 77.7 Å². The molecule has 28 heavy (non-hydrogen) atoms. The molecule has 3 aromatic rings. The zero-order valence-corrected chi connectivity index (χ0v) is 17.2. The van der Waals surface area contributed by atoms with Crippen molar-refractivity contribution in [2.24, 2.45) is 0 Å². The van der Waals surface area contributed by atoms with Crippen LogP contribution < -0.4 is 4.72 Å². The summed E-state index contributed by atoms with van der Waals surface area (Å²) in [4.78, 5) is 0.187. The lowest BCUT2D eigenvalue weighted by atomic mass is 10.1. The lowest BCUT2D eigenvalue weighted by molar-refractivity contribution is 0.576. The Kier molecular flexibility index (Phi) is 6.21. The zero-order chi connectivity index (χ0) is 20.1. The van der Waals surface area contributed by atoms with Gasteiger partial charge in [-0.25, -0.2) is 8.42 Å². The molecule has 1 atom stereocenters. The first-order valence-electron chi connectivity index (χ1n) is 8.77. The van der Waals surface area contributed by atoms with Crippen molar-refractivity contribution < 1.29 is 8.42 Å². The summed E-state index contributed by atoms with van der Waals surface area (Å²) in [6.07, 6.45) is 0. The van der Waals surface area contributed by atoms with Crippen molar-refractivity contribution in [2.45, 2.75) is 24.8 Å². The molecule has 0 aromatic heterocycles. The van der Waals surface area contributed by atoms with E-state index in [1.165, 1.54) is 0 Å². The molecule has 0 fully saturated rings. The smallest absolute Gasteiger partial charge is 0.207 e. The van der Waals surface area contributed by atoms with Crippen LogP contribution in [-0.4, -0.2) is 8.42 Å². The van der Waals surface area contributed by atoms with Crippen molar-refractivity contribution in [3.05, 3.63) is 100 Å². The van der Waals surface area contributed by atoms with Gasteiger partial charge in [0.15, 0.2) is 0 Å². The lowest BCUT2D eigenvalue weighted by Gasteiger charge is -2.15. The average Bonchev–Trinajstić information content (AvgIpc) is 2.67. The van der Waals surface area contributed by atoms with Gasteiger partial charge < -0.3 is 0 Å². The third-order valence-corrected chi connectivity index (χ3v) is 6.02. The molecule has 0 saturated heterocycles. The van der Waals surface area contributed by atoms with Gasteiger partial charge >= 0.3 is 0 Å². The predicted octanol–water partition coefficient (Wildman–Crippen LogP) is 5.03. The number of aryl methyl sites for hydroxylation is 2. The number of halogens is 1. The van der Waals surface area contributed by atoms with Crippen molar-refractivity contribution in [1.82, 2.24) is 4.72 Å². The fourth-order valence-electron chi connectivity index (χ4n) is 2.61. The second-order valence-corrected chi connectivity index (χ2v) is 8.65. The summed E-state index contributed by atoms with van der Waals surface area (Å²) in [5, 5.41) is 0.456. The van der Waals surface area contributed by atoms with Crippen LogP contribution in [0.1, 0.15) is 28.3 Å². The third kappa shape index (κ3) is 5.02. The van der Waals surface area contributed by atoms with Gasteiger partial charge in [-0.05, 0) is 44.2 Å². The molecule has 3 aromatic carbocycles. The summed E-state index contributed by atoms with van der Waals surface area (Å²) >= 11 is 6.31. The Balaban J connectivity index is 1.98. The van der Waals surface area contributed by atoms with Gasteiger partial charge in [-0.1, -0.05) is 77.0 Å². The summed E-state index contributed by atoms with van der Waals surface area (Å²) in [7, 11) is -3.76. The molecule has 3 nitrogen and oxygen atoms in total. The standard InChI is InChI=1S/C23H20ClNO2S/c1-17-7-11-19(12-8-17)13-16-23(21-5-3-4-6-22(21)24)25-28(26,27)20-14-9-18(2)10-15-20/h3-12,14-15,23,25H,1-2H3. The second-order valence-electron chi connectivity index (χ2n) is 6.52. The minimum atomic E-state index is -3.76. The van der Waals surface area contributed by atoms with Gasteiger partial charge in [0.05, 0.1) is 4.90 Å². The van der Waals surface area contributed by atoms with E-state index < -0.39 is 16.1 Å². The molecule has 1 unspecified atom stereocenters. The van der Waals surface area contributed by atoms with Gasteiger partial charge in [0.25, 0.3) is 0 Å². The van der Waals surface area contributed by atoms with Crippen LogP contribution in [0.5, 0.6) is 0 Å². The van der Waals surface area contributed by atoms with Crippen molar-refractivity contribution in [3.8, 4) is 11.8 Å². The monoisotopic (exact) mass is 409 g/mol. The third-order valence-electron chi connectivity index (χ3n) is 4.23. The molecule has 0 saturated carbocycles. The largest absolute Gasteiger partial charge is 0.241 e. The molecule has 0 spiro atoms. The van der Waals surface area contributed by atoms with Gasteiger partial charge in [-0.2, -0.15) is 4.72 Å². The summed E-state index contributed by atoms with van der Waals surface area (Å²) in [6.45, 7) is 3.91. The van der Waals surface area contributed by atoms with Crippen LogP contribution in [0.2, 0.25) is 5.02 Å². The van der Waals surface area contributed by atoms with Gasteiger partial charge in [0.2, 0.25) is 10.0 Å². The maximum atomic E-state index is 12.9. The molecular formula is C23H20ClNO2S. The van der Waals surface area contributed by atoms with Crippen molar-refractivity contribution in [2.75, 3.05) is 0 Å². The lowest BCUT2D eigenvalue weighted by Crippen LogP contribution is -2.28. The van der Waals surface area contributed by atoms with E-state index in [0.717, 1.165) is 16.7 Å². The molecule has 142 valence electrons. The maximum Gasteiger partial charge on any atom is 0.241 e. The van der Waals surface area contributed by atoms with E-state index in [4.69, 9.17) is 11.6 Å². The molecule has 1 N–H and O–H groups in total. The number of hydrogen-bond donors (Lipinski definition) is 1. The molecule has 0 bridgehead atoms. The van der Waals surface area contributed by atoms with Crippen molar-refractivity contribution in [1.29, 1.82) is 0 Å². The molecule has 0 radical (unpaired) electrons. The summed E-state index contributed by atoms with van der Waals surface area (Å²) in [5.74, 6) is 6.07. The van der Waals surface area contributed by atoms with E-state index in [1.807, 2.05) is 44.2 Å². The highest BCUT2D eigenvalue weighted by Gasteiger charge is 2.21. The molecular weight excluding hydrogens is 390 g/mol. The van der Waals surface area contributed by atoms with Crippen LogP contribution in [0, 0.1) is 25.7 Å². The summed E-state index contributed by atoms with van der Waals surface area (Å²) < 4.78 is 28.4. The maximum absolute atomic E-state index is 12.9. The van der Waals surface area contributed by atoms with Crippen LogP contribution in [-0.2, 0) is 10.0 Å². The number of benzene rings is 3. The number of hydrogen-bond acceptors (Lipinski definition) is 2. The van der Waals surface area contributed by atoms with E-state index >= 15 is 0 Å². The number of rotatable bonds is 4. The Morgan fingerprint density at radius 2 is 1.43 bits per heavy atom. The highest BCUT2D eigenvalue weighted by atomic mass is 35.5. The minimum Gasteiger partial charge on any atom is -0.207 e. The second kappa shape index (κ2) is 8.62. The van der Waals surface area contributed by atoms with Gasteiger partial charge in [0, 0.05) is 16.1 Å². The molecule has 3 rings (SSSR count). The predicted molar refractivity (Wildman–Crippen MR) is 114 cm³/mol. The van der Waals surface area contributed by atoms with E-state index in [-0.39, 0.29) is 4.90 Å². The first-order chi connectivity index (χ1) is 13.3. The van der Waals surface area contributed by atoms with E-state index in [0.29, 0.717) is 10.6 Å². The highest BCUT2D eigenvalue weighted by Crippen LogP contribution is 2.24. The van der Waals surface area contributed by atoms with Crippen LogP contribution in [0.4, 0.5) is 0 Å². The van der Waals surface area contributed by atoms with E-state index in [2.05, 4.69) is 16.6 Å². The van der Waals surface area contributed by atoms with E-state index in [9.17, 15) is 8.42 Å². The quantitative estimate of drug-likeness (QED) is 0.614. The summed E-state index contributed by atoms with van der Waals surface area (Å²) in [6, 6.07) is 20.7. The fourth-order valence-corrected chi connectivity index (χ4v) is 3.98. The van der Waals surface area contributed by atoms with Crippen molar-refractivity contribution in [3.63, 3.8) is 0 Å². The average molecular weight is 410 g/mol. The first-order valence-corrected chi connectivity index (χ1v) is 10.6. The molecule has 0 aliphatic heterocycles. The SMILES string of the molecule is Cc1ccc(C#CC(NS(=O)(=O)c2ccc(C)cc2)c2ccccc2Cl)cc1. The van der Waals surface area contributed by atoms with Crippen molar-refractivity contribution >= 4 is 21.6 Å². The number of nitrogens with one attached hydrogen (secondary N) is 1. The van der Waals surface area contributed by atoms with Crippen LogP contribution >= 0.6 is 11.6 Å². The molecule has 0 heterocycles. The minimum absolute atomic E-state index is 0.187. The van der Waals surface area contributed by atoms with Crippen LogP contribution in [0.25, 0.3) is 0 Å². The zero-order valence-electron chi connectivity index (χ0n) is 15.6. The Hall–Kier alpha value is -2.58. The molecule has 0 aliphatic carbocycles.